The van der Waals surface area contributed by atoms with Crippen LogP contribution in [0.1, 0.15) is 30.4 Å². The Balaban J connectivity index is 1.39. The summed E-state index contributed by atoms with van der Waals surface area (Å²) >= 11 is 0. The summed E-state index contributed by atoms with van der Waals surface area (Å²) in [5.74, 6) is 2.16. The van der Waals surface area contributed by atoms with Gasteiger partial charge in [-0.15, -0.1) is 0 Å². The number of piperidine rings is 1. The summed E-state index contributed by atoms with van der Waals surface area (Å²) in [5.41, 5.74) is 1.75. The summed E-state index contributed by atoms with van der Waals surface area (Å²) in [5, 5.41) is 12.3. The minimum absolute atomic E-state index is 0.0924. The minimum atomic E-state index is 0.0924. The number of nitrogens with one attached hydrogen (secondary N) is 1. The summed E-state index contributed by atoms with van der Waals surface area (Å²) < 4.78 is 5.15. The second-order valence-corrected chi connectivity index (χ2v) is 7.07. The van der Waals surface area contributed by atoms with E-state index in [1.165, 1.54) is 0 Å². The van der Waals surface area contributed by atoms with Crippen molar-refractivity contribution in [1.29, 1.82) is 5.26 Å². The van der Waals surface area contributed by atoms with Crippen LogP contribution in [0.5, 0.6) is 5.75 Å². The zero-order chi connectivity index (χ0) is 19.8. The average Bonchev–Trinajstić information content (AvgIpc) is 2.77. The molecule has 6 nitrogen and oxygen atoms in total. The number of ether oxygens (including phenoxy) is 1. The van der Waals surface area contributed by atoms with E-state index in [0.29, 0.717) is 24.4 Å². The van der Waals surface area contributed by atoms with Crippen LogP contribution < -0.4 is 15.0 Å². The van der Waals surface area contributed by atoms with Crippen molar-refractivity contribution in [3.8, 4) is 11.8 Å². The van der Waals surface area contributed by atoms with Gasteiger partial charge in [0.15, 0.2) is 0 Å². The zero-order valence-corrected chi connectivity index (χ0v) is 16.2. The molecule has 2 heterocycles. The van der Waals surface area contributed by atoms with Crippen LogP contribution in [0, 0.1) is 17.2 Å². The van der Waals surface area contributed by atoms with Crippen molar-refractivity contribution < 1.29 is 9.53 Å². The first-order chi connectivity index (χ1) is 13.7. The fourth-order valence-electron chi connectivity index (χ4n) is 3.48. The molecule has 1 aliphatic rings. The highest BCUT2D eigenvalue weighted by Crippen LogP contribution is 2.23. The first-order valence-corrected chi connectivity index (χ1v) is 9.69. The van der Waals surface area contributed by atoms with E-state index in [1.807, 2.05) is 24.3 Å². The van der Waals surface area contributed by atoms with Crippen LogP contribution in [-0.4, -0.2) is 37.6 Å². The van der Waals surface area contributed by atoms with Crippen LogP contribution in [0.2, 0.25) is 0 Å². The third-order valence-electron chi connectivity index (χ3n) is 5.21. The Bertz CT molecular complexity index is 821. The third kappa shape index (κ3) is 5.23. The Labute approximate surface area is 166 Å². The number of hydrogen-bond acceptors (Lipinski definition) is 5. The second-order valence-electron chi connectivity index (χ2n) is 7.07. The number of methoxy groups -OCH3 is 1. The van der Waals surface area contributed by atoms with Crippen molar-refractivity contribution in [2.45, 2.75) is 25.7 Å². The van der Waals surface area contributed by atoms with Gasteiger partial charge in [-0.1, -0.05) is 12.1 Å². The van der Waals surface area contributed by atoms with Gasteiger partial charge in [0.1, 0.15) is 17.6 Å². The van der Waals surface area contributed by atoms with Crippen LogP contribution in [-0.2, 0) is 11.2 Å². The van der Waals surface area contributed by atoms with Gasteiger partial charge in [-0.3, -0.25) is 4.79 Å². The number of nitriles is 1. The minimum Gasteiger partial charge on any atom is -0.497 e. The summed E-state index contributed by atoms with van der Waals surface area (Å²) in [6.07, 6.45) is 4.92. The number of nitrogens with zero attached hydrogens (tertiary/aromatic N) is 3. The lowest BCUT2D eigenvalue weighted by molar-refractivity contribution is -0.121. The van der Waals surface area contributed by atoms with Crippen molar-refractivity contribution in [3.63, 3.8) is 0 Å². The molecule has 0 aliphatic carbocycles. The maximum absolute atomic E-state index is 12.2. The highest BCUT2D eigenvalue weighted by molar-refractivity contribution is 5.76. The Morgan fingerprint density at radius 1 is 1.29 bits per heavy atom. The number of aryl methyl sites for hydroxylation is 1. The highest BCUT2D eigenvalue weighted by atomic mass is 16.5. The monoisotopic (exact) mass is 378 g/mol. The van der Waals surface area contributed by atoms with Gasteiger partial charge in [0.2, 0.25) is 5.91 Å². The second kappa shape index (κ2) is 9.75. The molecule has 0 bridgehead atoms. The lowest BCUT2D eigenvalue weighted by Crippen LogP contribution is -2.39. The smallest absolute Gasteiger partial charge is 0.220 e. The number of anilines is 1. The van der Waals surface area contributed by atoms with Crippen molar-refractivity contribution in [3.05, 3.63) is 53.7 Å². The van der Waals surface area contributed by atoms with Gasteiger partial charge in [-0.25, -0.2) is 4.98 Å². The van der Waals surface area contributed by atoms with E-state index in [1.54, 1.807) is 25.4 Å². The van der Waals surface area contributed by atoms with Gasteiger partial charge in [-0.2, -0.15) is 5.26 Å². The molecule has 1 fully saturated rings. The lowest BCUT2D eigenvalue weighted by atomic mass is 9.96. The van der Waals surface area contributed by atoms with Gasteiger partial charge in [0.25, 0.3) is 0 Å². The number of pyridine rings is 1. The summed E-state index contributed by atoms with van der Waals surface area (Å²) in [7, 11) is 1.64. The normalized spacial score (nSPS) is 14.4. The number of carbonyl (C=O) groups is 1. The molecular formula is C22H26N4O2. The van der Waals surface area contributed by atoms with Gasteiger partial charge < -0.3 is 15.0 Å². The molecule has 1 aromatic heterocycles. The molecule has 0 spiro atoms. The molecule has 0 radical (unpaired) electrons. The quantitative estimate of drug-likeness (QED) is 0.801. The summed E-state index contributed by atoms with van der Waals surface area (Å²) in [6, 6.07) is 13.6. The van der Waals surface area contributed by atoms with Gasteiger partial charge in [0.05, 0.1) is 12.7 Å². The number of aromatic nitrogens is 1. The largest absolute Gasteiger partial charge is 0.497 e. The van der Waals surface area contributed by atoms with E-state index in [-0.39, 0.29) is 5.91 Å². The van der Waals surface area contributed by atoms with E-state index >= 15 is 0 Å². The zero-order valence-electron chi connectivity index (χ0n) is 16.2. The topological polar surface area (TPSA) is 78.2 Å². The molecule has 2 aromatic rings. The molecule has 146 valence electrons. The average molecular weight is 378 g/mol. The predicted octanol–water partition coefficient (Wildman–Crippen LogP) is 2.93. The lowest BCUT2D eigenvalue weighted by Gasteiger charge is -2.33. The highest BCUT2D eigenvalue weighted by Gasteiger charge is 2.22. The molecule has 0 saturated carbocycles. The molecule has 1 saturated heterocycles. The molecule has 1 amide bonds. The molecule has 1 aliphatic heterocycles. The maximum atomic E-state index is 12.2. The molecular weight excluding hydrogens is 352 g/mol. The van der Waals surface area contributed by atoms with Crippen molar-refractivity contribution in [2.24, 2.45) is 5.92 Å². The van der Waals surface area contributed by atoms with Crippen LogP contribution >= 0.6 is 0 Å². The number of rotatable bonds is 7. The molecule has 1 aromatic carbocycles. The third-order valence-corrected chi connectivity index (χ3v) is 5.21. The SMILES string of the molecule is COc1ccc(CCC(=O)NCC2CCN(c3ncccc3C#N)CC2)cc1. The number of benzene rings is 1. The Kier molecular flexibility index (Phi) is 6.85. The number of amides is 1. The van der Waals surface area contributed by atoms with Crippen molar-refractivity contribution in [2.75, 3.05) is 31.6 Å². The van der Waals surface area contributed by atoms with Gasteiger partial charge in [0, 0.05) is 32.3 Å². The first-order valence-electron chi connectivity index (χ1n) is 9.69. The number of carbonyl (C=O) groups excluding carboxylic acids is 1. The first kappa shape index (κ1) is 19.7. The van der Waals surface area contributed by atoms with Crippen molar-refractivity contribution >= 4 is 11.7 Å². The summed E-state index contributed by atoms with van der Waals surface area (Å²) in [6.45, 7) is 2.43. The molecule has 1 N–H and O–H groups in total. The van der Waals surface area contributed by atoms with Gasteiger partial charge >= 0.3 is 0 Å². The summed E-state index contributed by atoms with van der Waals surface area (Å²) in [4.78, 5) is 18.7. The van der Waals surface area contributed by atoms with E-state index in [2.05, 4.69) is 21.3 Å². The molecule has 0 atom stereocenters. The van der Waals surface area contributed by atoms with Crippen LogP contribution in [0.25, 0.3) is 0 Å². The maximum Gasteiger partial charge on any atom is 0.220 e. The van der Waals surface area contributed by atoms with Crippen LogP contribution in [0.15, 0.2) is 42.6 Å². The van der Waals surface area contributed by atoms with E-state index in [0.717, 1.165) is 49.5 Å². The Morgan fingerprint density at radius 3 is 2.71 bits per heavy atom. The van der Waals surface area contributed by atoms with Crippen LogP contribution in [0.3, 0.4) is 0 Å². The van der Waals surface area contributed by atoms with E-state index in [9.17, 15) is 10.1 Å². The number of hydrogen-bond donors (Lipinski definition) is 1. The molecule has 28 heavy (non-hydrogen) atoms. The van der Waals surface area contributed by atoms with Crippen LogP contribution in [0.4, 0.5) is 5.82 Å². The Morgan fingerprint density at radius 2 is 2.04 bits per heavy atom. The van der Waals surface area contributed by atoms with E-state index in [4.69, 9.17) is 4.74 Å². The van der Waals surface area contributed by atoms with E-state index < -0.39 is 0 Å². The predicted molar refractivity (Wildman–Crippen MR) is 108 cm³/mol. The van der Waals surface area contributed by atoms with Crippen molar-refractivity contribution in [1.82, 2.24) is 10.3 Å². The molecule has 0 unspecified atom stereocenters. The standard InChI is InChI=1S/C22H26N4O2/c1-28-20-7-4-17(5-8-20)6-9-21(27)25-16-18-10-13-26(14-11-18)22-19(15-23)3-2-12-24-22/h2-5,7-8,12,18H,6,9-11,13-14,16H2,1H3,(H,25,27). The molecule has 6 heteroatoms. The molecule has 3 rings (SSSR count). The fourth-order valence-corrected chi connectivity index (χ4v) is 3.48. The fraction of sp³-hybridized carbons (Fsp3) is 0.409. The Hall–Kier alpha value is -3.07. The van der Waals surface area contributed by atoms with Gasteiger partial charge in [-0.05, 0) is 55.0 Å².